The predicted molar refractivity (Wildman–Crippen MR) is 98.0 cm³/mol. The van der Waals surface area contributed by atoms with Crippen molar-refractivity contribution in [1.29, 1.82) is 0 Å². The molecule has 4 rings (SSSR count). The molecule has 0 saturated heterocycles. The Kier molecular flexibility index (Phi) is 3.89. The SMILES string of the molecule is Cc1ccc(-c2cc(C(=O)Nc3nc4ccc(F)cc4s3)[nH]n2)c(O)c1. The normalized spacial score (nSPS) is 11.0. The number of benzene rings is 2. The number of carbonyl (C=O) groups excluding carboxylic acids is 1. The highest BCUT2D eigenvalue weighted by molar-refractivity contribution is 7.22. The highest BCUT2D eigenvalue weighted by Crippen LogP contribution is 2.30. The van der Waals surface area contributed by atoms with Crippen LogP contribution in [0.4, 0.5) is 9.52 Å². The molecule has 0 radical (unpaired) electrons. The van der Waals surface area contributed by atoms with Gasteiger partial charge in [-0.3, -0.25) is 15.2 Å². The topological polar surface area (TPSA) is 90.9 Å². The molecule has 0 spiro atoms. The number of H-pyrrole nitrogens is 1. The lowest BCUT2D eigenvalue weighted by Gasteiger charge is -2.01. The molecule has 130 valence electrons. The third-order valence-corrected chi connectivity index (χ3v) is 4.76. The van der Waals surface area contributed by atoms with Gasteiger partial charge in [0.1, 0.15) is 17.3 Å². The summed E-state index contributed by atoms with van der Waals surface area (Å²) in [5.74, 6) is -0.679. The molecular weight excluding hydrogens is 355 g/mol. The standard InChI is InChI=1S/C18H13FN4O2S/c1-9-2-4-11(15(24)6-9)13-8-14(23-22-13)17(25)21-18-20-12-5-3-10(19)7-16(12)26-18/h2-8,24H,1H3,(H,22,23)(H,20,21,25). The summed E-state index contributed by atoms with van der Waals surface area (Å²) in [5.41, 5.74) is 2.75. The van der Waals surface area contributed by atoms with Crippen LogP contribution in [0, 0.1) is 12.7 Å². The van der Waals surface area contributed by atoms with Gasteiger partial charge in [-0.1, -0.05) is 17.4 Å². The Hall–Kier alpha value is -3.26. The van der Waals surface area contributed by atoms with Crippen molar-refractivity contribution in [3.63, 3.8) is 0 Å². The Balaban J connectivity index is 1.57. The minimum Gasteiger partial charge on any atom is -0.507 e. The van der Waals surface area contributed by atoms with Gasteiger partial charge in [-0.25, -0.2) is 9.37 Å². The van der Waals surface area contributed by atoms with E-state index in [4.69, 9.17) is 0 Å². The van der Waals surface area contributed by atoms with Crippen LogP contribution in [0.3, 0.4) is 0 Å². The molecule has 0 fully saturated rings. The van der Waals surface area contributed by atoms with Gasteiger partial charge in [0.05, 0.1) is 15.9 Å². The van der Waals surface area contributed by atoms with Gasteiger partial charge in [-0.2, -0.15) is 5.10 Å². The first-order chi connectivity index (χ1) is 12.5. The zero-order chi connectivity index (χ0) is 18.3. The third-order valence-electron chi connectivity index (χ3n) is 3.82. The summed E-state index contributed by atoms with van der Waals surface area (Å²) in [7, 11) is 0. The van der Waals surface area contributed by atoms with Crippen LogP contribution in [0.5, 0.6) is 5.75 Å². The summed E-state index contributed by atoms with van der Waals surface area (Å²) >= 11 is 1.18. The fourth-order valence-electron chi connectivity index (χ4n) is 2.55. The van der Waals surface area contributed by atoms with E-state index in [0.717, 1.165) is 5.56 Å². The van der Waals surface area contributed by atoms with E-state index < -0.39 is 5.91 Å². The number of rotatable bonds is 3. The Morgan fingerprint density at radius 2 is 2.08 bits per heavy atom. The molecule has 0 atom stereocenters. The Bertz CT molecular complexity index is 1140. The maximum atomic E-state index is 13.3. The highest BCUT2D eigenvalue weighted by Gasteiger charge is 2.15. The highest BCUT2D eigenvalue weighted by atomic mass is 32.1. The number of phenols is 1. The molecule has 0 bridgehead atoms. The fraction of sp³-hybridized carbons (Fsp3) is 0.0556. The molecule has 0 aliphatic carbocycles. The van der Waals surface area contributed by atoms with Crippen molar-refractivity contribution in [3.8, 4) is 17.0 Å². The molecule has 26 heavy (non-hydrogen) atoms. The Morgan fingerprint density at radius 1 is 1.23 bits per heavy atom. The molecule has 6 nitrogen and oxygen atoms in total. The minimum atomic E-state index is -0.421. The second-order valence-corrected chi connectivity index (χ2v) is 6.80. The lowest BCUT2D eigenvalue weighted by atomic mass is 10.1. The van der Waals surface area contributed by atoms with Gasteiger partial charge in [0.2, 0.25) is 0 Å². The van der Waals surface area contributed by atoms with Crippen LogP contribution in [0.15, 0.2) is 42.5 Å². The van der Waals surface area contributed by atoms with E-state index in [1.165, 1.54) is 23.5 Å². The molecule has 4 aromatic rings. The molecule has 2 heterocycles. The summed E-state index contributed by atoms with van der Waals surface area (Å²) in [6.07, 6.45) is 0. The lowest BCUT2D eigenvalue weighted by Crippen LogP contribution is -2.11. The number of halogens is 1. The number of aryl methyl sites for hydroxylation is 1. The lowest BCUT2D eigenvalue weighted by molar-refractivity contribution is 0.102. The number of hydrogen-bond acceptors (Lipinski definition) is 5. The van der Waals surface area contributed by atoms with Gasteiger partial charge in [0, 0.05) is 5.56 Å². The maximum absolute atomic E-state index is 13.3. The van der Waals surface area contributed by atoms with Crippen LogP contribution < -0.4 is 5.32 Å². The van der Waals surface area contributed by atoms with Crippen LogP contribution in [-0.4, -0.2) is 26.2 Å². The number of aromatic hydroxyl groups is 1. The first-order valence-corrected chi connectivity index (χ1v) is 8.54. The number of nitrogens with one attached hydrogen (secondary N) is 2. The van der Waals surface area contributed by atoms with Gasteiger partial charge < -0.3 is 5.11 Å². The van der Waals surface area contributed by atoms with E-state index in [2.05, 4.69) is 20.5 Å². The minimum absolute atomic E-state index is 0.0941. The van der Waals surface area contributed by atoms with E-state index in [1.807, 2.05) is 13.0 Å². The zero-order valence-electron chi connectivity index (χ0n) is 13.6. The maximum Gasteiger partial charge on any atom is 0.275 e. The molecule has 8 heteroatoms. The summed E-state index contributed by atoms with van der Waals surface area (Å²) in [5, 5.41) is 19.8. The molecule has 3 N–H and O–H groups in total. The van der Waals surface area contributed by atoms with Gasteiger partial charge >= 0.3 is 0 Å². The molecule has 2 aromatic carbocycles. The average molecular weight is 368 g/mol. The van der Waals surface area contributed by atoms with Gasteiger partial charge in [-0.15, -0.1) is 0 Å². The number of aromatic nitrogens is 3. The van der Waals surface area contributed by atoms with Crippen LogP contribution >= 0.6 is 11.3 Å². The predicted octanol–water partition coefficient (Wildman–Crippen LogP) is 4.09. The average Bonchev–Trinajstić information content (AvgIpc) is 3.21. The molecule has 2 aromatic heterocycles. The van der Waals surface area contributed by atoms with Crippen molar-refractivity contribution in [2.24, 2.45) is 0 Å². The number of anilines is 1. The van der Waals surface area contributed by atoms with E-state index in [9.17, 15) is 14.3 Å². The van der Waals surface area contributed by atoms with Crippen molar-refractivity contribution >= 4 is 32.6 Å². The summed E-state index contributed by atoms with van der Waals surface area (Å²) in [4.78, 5) is 16.6. The van der Waals surface area contributed by atoms with Crippen LogP contribution in [-0.2, 0) is 0 Å². The number of fused-ring (bicyclic) bond motifs is 1. The number of hydrogen-bond donors (Lipinski definition) is 3. The fourth-order valence-corrected chi connectivity index (χ4v) is 3.44. The number of amides is 1. The van der Waals surface area contributed by atoms with Gasteiger partial charge in [0.25, 0.3) is 5.91 Å². The summed E-state index contributed by atoms with van der Waals surface area (Å²) < 4.78 is 13.9. The number of carbonyl (C=O) groups is 1. The molecule has 0 aliphatic heterocycles. The first kappa shape index (κ1) is 16.2. The largest absolute Gasteiger partial charge is 0.507 e. The first-order valence-electron chi connectivity index (χ1n) is 7.72. The molecule has 0 aliphatic rings. The van der Waals surface area contributed by atoms with E-state index in [-0.39, 0.29) is 17.3 Å². The third kappa shape index (κ3) is 3.02. The number of nitrogens with zero attached hydrogens (tertiary/aromatic N) is 2. The zero-order valence-corrected chi connectivity index (χ0v) is 14.4. The molecular formula is C18H13FN4O2S. The van der Waals surface area contributed by atoms with E-state index >= 15 is 0 Å². The van der Waals surface area contributed by atoms with Crippen LogP contribution in [0.1, 0.15) is 16.1 Å². The number of thiazole rings is 1. The second kappa shape index (κ2) is 6.23. The number of phenolic OH excluding ortho intramolecular Hbond substituents is 1. The van der Waals surface area contributed by atoms with Crippen molar-refractivity contribution in [1.82, 2.24) is 15.2 Å². The molecule has 1 amide bonds. The van der Waals surface area contributed by atoms with Gasteiger partial charge in [0.15, 0.2) is 5.13 Å². The quantitative estimate of drug-likeness (QED) is 0.508. The second-order valence-electron chi connectivity index (χ2n) is 5.77. The smallest absolute Gasteiger partial charge is 0.275 e. The Labute approximate surface area is 151 Å². The van der Waals surface area contributed by atoms with E-state index in [1.54, 1.807) is 24.3 Å². The summed E-state index contributed by atoms with van der Waals surface area (Å²) in [6.45, 7) is 1.87. The number of aromatic amines is 1. The summed E-state index contributed by atoms with van der Waals surface area (Å²) in [6, 6.07) is 11.0. The van der Waals surface area contributed by atoms with E-state index in [0.29, 0.717) is 26.6 Å². The Morgan fingerprint density at radius 3 is 2.88 bits per heavy atom. The van der Waals surface area contributed by atoms with Crippen molar-refractivity contribution < 1.29 is 14.3 Å². The van der Waals surface area contributed by atoms with Crippen molar-refractivity contribution in [2.45, 2.75) is 6.92 Å². The van der Waals surface area contributed by atoms with Crippen molar-refractivity contribution in [3.05, 3.63) is 59.5 Å². The monoisotopic (exact) mass is 368 g/mol. The molecule has 0 unspecified atom stereocenters. The molecule has 0 saturated carbocycles. The van der Waals surface area contributed by atoms with Crippen LogP contribution in [0.25, 0.3) is 21.5 Å². The van der Waals surface area contributed by atoms with Crippen molar-refractivity contribution in [2.75, 3.05) is 5.32 Å². The van der Waals surface area contributed by atoms with Crippen LogP contribution in [0.2, 0.25) is 0 Å². The van der Waals surface area contributed by atoms with Gasteiger partial charge in [-0.05, 0) is 48.9 Å².